The summed E-state index contributed by atoms with van der Waals surface area (Å²) in [6, 6.07) is 3.24. The Bertz CT molecular complexity index is 419. The molecule has 2 rings (SSSR count). The first kappa shape index (κ1) is 12.7. The number of nitrogens with one attached hydrogen (secondary N) is 1. The van der Waals surface area contributed by atoms with Gasteiger partial charge in [0.2, 0.25) is 0 Å². The van der Waals surface area contributed by atoms with E-state index in [0.717, 1.165) is 6.42 Å². The summed E-state index contributed by atoms with van der Waals surface area (Å²) in [6.07, 6.45) is 3.93. The second kappa shape index (κ2) is 5.27. The maximum atomic E-state index is 11.9. The van der Waals surface area contributed by atoms with Crippen LogP contribution in [0, 0.1) is 0 Å². The summed E-state index contributed by atoms with van der Waals surface area (Å²) in [7, 11) is 0. The Morgan fingerprint density at radius 3 is 3.18 bits per heavy atom. The van der Waals surface area contributed by atoms with Gasteiger partial charge in [-0.2, -0.15) is 11.8 Å². The second-order valence-corrected chi connectivity index (χ2v) is 6.56. The first-order valence-electron chi connectivity index (χ1n) is 5.63. The van der Waals surface area contributed by atoms with Gasteiger partial charge in [-0.1, -0.05) is 11.6 Å². The standard InChI is InChI=1S/C12H15ClN2OS/c1-12(4-2-6-17-12)8-15-11(16)10-7-9(13)3-5-14-10/h3,5,7H,2,4,6,8H2,1H3,(H,15,16). The summed E-state index contributed by atoms with van der Waals surface area (Å²) in [5.74, 6) is 1.03. The van der Waals surface area contributed by atoms with E-state index in [-0.39, 0.29) is 10.7 Å². The molecule has 1 unspecified atom stereocenters. The van der Waals surface area contributed by atoms with Crippen LogP contribution in [0.1, 0.15) is 30.3 Å². The van der Waals surface area contributed by atoms with Crippen molar-refractivity contribution in [1.82, 2.24) is 10.3 Å². The lowest BCUT2D eigenvalue weighted by Gasteiger charge is -2.22. The highest BCUT2D eigenvalue weighted by Gasteiger charge is 2.29. The molecule has 1 aliphatic heterocycles. The van der Waals surface area contributed by atoms with E-state index in [2.05, 4.69) is 17.2 Å². The summed E-state index contributed by atoms with van der Waals surface area (Å²) < 4.78 is 0.175. The molecule has 1 amide bonds. The summed E-state index contributed by atoms with van der Waals surface area (Å²) in [4.78, 5) is 15.9. The van der Waals surface area contributed by atoms with E-state index in [1.54, 1.807) is 18.3 Å². The second-order valence-electron chi connectivity index (χ2n) is 4.44. The zero-order valence-electron chi connectivity index (χ0n) is 9.70. The fraction of sp³-hybridized carbons (Fsp3) is 0.500. The molecule has 92 valence electrons. The molecule has 0 radical (unpaired) electrons. The van der Waals surface area contributed by atoms with Crippen molar-refractivity contribution in [3.8, 4) is 0 Å². The van der Waals surface area contributed by atoms with Gasteiger partial charge in [-0.05, 0) is 37.7 Å². The highest BCUT2D eigenvalue weighted by atomic mass is 35.5. The van der Waals surface area contributed by atoms with Gasteiger partial charge < -0.3 is 5.32 Å². The van der Waals surface area contributed by atoms with Gasteiger partial charge in [-0.25, -0.2) is 0 Å². The molecule has 0 spiro atoms. The number of nitrogens with zero attached hydrogens (tertiary/aromatic N) is 1. The van der Waals surface area contributed by atoms with Crippen LogP contribution in [0.3, 0.4) is 0 Å². The molecule has 1 N–H and O–H groups in total. The van der Waals surface area contributed by atoms with Gasteiger partial charge in [0.05, 0.1) is 0 Å². The number of halogens is 1. The monoisotopic (exact) mass is 270 g/mol. The molecular weight excluding hydrogens is 256 g/mol. The third-order valence-corrected chi connectivity index (χ3v) is 4.65. The maximum absolute atomic E-state index is 11.9. The lowest BCUT2D eigenvalue weighted by Crippen LogP contribution is -2.37. The topological polar surface area (TPSA) is 42.0 Å². The summed E-state index contributed by atoms with van der Waals surface area (Å²) in [5.41, 5.74) is 0.379. The zero-order valence-corrected chi connectivity index (χ0v) is 11.3. The molecule has 1 aliphatic rings. The normalized spacial score (nSPS) is 23.6. The molecule has 17 heavy (non-hydrogen) atoms. The Labute approximate surface area is 110 Å². The highest BCUT2D eigenvalue weighted by molar-refractivity contribution is 8.00. The van der Waals surface area contributed by atoms with Gasteiger partial charge in [0.1, 0.15) is 5.69 Å². The first-order valence-corrected chi connectivity index (χ1v) is 6.99. The van der Waals surface area contributed by atoms with Crippen molar-refractivity contribution >= 4 is 29.3 Å². The minimum atomic E-state index is -0.152. The van der Waals surface area contributed by atoms with Crippen LogP contribution in [0.25, 0.3) is 0 Å². The lowest BCUT2D eigenvalue weighted by molar-refractivity contribution is 0.0945. The van der Waals surface area contributed by atoms with Gasteiger partial charge in [0.15, 0.2) is 0 Å². The molecule has 1 fully saturated rings. The van der Waals surface area contributed by atoms with Gasteiger partial charge in [0.25, 0.3) is 5.91 Å². The largest absolute Gasteiger partial charge is 0.349 e. The van der Waals surface area contributed by atoms with Crippen molar-refractivity contribution in [2.45, 2.75) is 24.5 Å². The average Bonchev–Trinajstić information content (AvgIpc) is 2.74. The summed E-state index contributed by atoms with van der Waals surface area (Å²) in [6.45, 7) is 2.88. The fourth-order valence-electron chi connectivity index (χ4n) is 1.86. The molecular formula is C12H15ClN2OS. The van der Waals surface area contributed by atoms with Crippen molar-refractivity contribution in [2.24, 2.45) is 0 Å². The van der Waals surface area contributed by atoms with Crippen LogP contribution in [0.5, 0.6) is 0 Å². The highest BCUT2D eigenvalue weighted by Crippen LogP contribution is 2.36. The number of amides is 1. The zero-order chi connectivity index (χ0) is 12.3. The number of carbonyl (C=O) groups is 1. The number of pyridine rings is 1. The van der Waals surface area contributed by atoms with Crippen LogP contribution in [-0.2, 0) is 0 Å². The third kappa shape index (κ3) is 3.36. The van der Waals surface area contributed by atoms with Gasteiger partial charge in [0, 0.05) is 22.5 Å². The Balaban J connectivity index is 1.93. The van der Waals surface area contributed by atoms with Crippen LogP contribution in [0.15, 0.2) is 18.3 Å². The maximum Gasteiger partial charge on any atom is 0.269 e. The molecule has 0 bridgehead atoms. The quantitative estimate of drug-likeness (QED) is 0.918. The van der Waals surface area contributed by atoms with Crippen LogP contribution in [0.2, 0.25) is 5.02 Å². The van der Waals surface area contributed by atoms with Crippen molar-refractivity contribution in [2.75, 3.05) is 12.3 Å². The number of thioether (sulfide) groups is 1. The van der Waals surface area contributed by atoms with Gasteiger partial charge >= 0.3 is 0 Å². The van der Waals surface area contributed by atoms with E-state index >= 15 is 0 Å². The number of hydrogen-bond donors (Lipinski definition) is 1. The molecule has 1 saturated heterocycles. The molecule has 2 heterocycles. The van der Waals surface area contributed by atoms with Crippen molar-refractivity contribution < 1.29 is 4.79 Å². The Kier molecular flexibility index (Phi) is 3.94. The number of carbonyl (C=O) groups excluding carboxylic acids is 1. The van der Waals surface area contributed by atoms with Gasteiger partial charge in [-0.3, -0.25) is 9.78 Å². The molecule has 0 aromatic carbocycles. The molecule has 3 nitrogen and oxygen atoms in total. The predicted octanol–water partition coefficient (Wildman–Crippen LogP) is 2.75. The van der Waals surface area contributed by atoms with Gasteiger partial charge in [-0.15, -0.1) is 0 Å². The van der Waals surface area contributed by atoms with E-state index in [1.165, 1.54) is 12.2 Å². The minimum absolute atomic E-state index is 0.152. The Morgan fingerprint density at radius 2 is 2.53 bits per heavy atom. The molecule has 0 saturated carbocycles. The van der Waals surface area contributed by atoms with Crippen LogP contribution in [0.4, 0.5) is 0 Å². The van der Waals surface area contributed by atoms with E-state index in [1.807, 2.05) is 11.8 Å². The summed E-state index contributed by atoms with van der Waals surface area (Å²) in [5, 5.41) is 3.46. The number of hydrogen-bond acceptors (Lipinski definition) is 3. The van der Waals surface area contributed by atoms with Crippen molar-refractivity contribution in [1.29, 1.82) is 0 Å². The molecule has 5 heteroatoms. The molecule has 1 aromatic heterocycles. The smallest absolute Gasteiger partial charge is 0.269 e. The molecule has 0 aliphatic carbocycles. The fourth-order valence-corrected chi connectivity index (χ4v) is 3.27. The average molecular weight is 271 g/mol. The summed E-state index contributed by atoms with van der Waals surface area (Å²) >= 11 is 7.74. The Morgan fingerprint density at radius 1 is 1.71 bits per heavy atom. The van der Waals surface area contributed by atoms with E-state index in [0.29, 0.717) is 17.3 Å². The Hall–Kier alpha value is -0.740. The van der Waals surface area contributed by atoms with Crippen molar-refractivity contribution in [3.63, 3.8) is 0 Å². The lowest BCUT2D eigenvalue weighted by atomic mass is 10.1. The van der Waals surface area contributed by atoms with E-state index < -0.39 is 0 Å². The number of rotatable bonds is 3. The minimum Gasteiger partial charge on any atom is -0.349 e. The predicted molar refractivity (Wildman–Crippen MR) is 71.7 cm³/mol. The first-order chi connectivity index (χ1) is 8.09. The number of aromatic nitrogens is 1. The van der Waals surface area contributed by atoms with Crippen LogP contribution in [-0.4, -0.2) is 27.9 Å². The molecule has 1 atom stereocenters. The van der Waals surface area contributed by atoms with Crippen LogP contribution < -0.4 is 5.32 Å². The van der Waals surface area contributed by atoms with Crippen LogP contribution >= 0.6 is 23.4 Å². The SMILES string of the molecule is CC1(CNC(=O)c2cc(Cl)ccn2)CCCS1. The van der Waals surface area contributed by atoms with E-state index in [9.17, 15) is 4.79 Å². The molecule has 1 aromatic rings. The third-order valence-electron chi connectivity index (χ3n) is 2.88. The van der Waals surface area contributed by atoms with E-state index in [4.69, 9.17) is 11.6 Å². The van der Waals surface area contributed by atoms with Crippen molar-refractivity contribution in [3.05, 3.63) is 29.0 Å².